The first-order valence-electron chi connectivity index (χ1n) is 4.08. The summed E-state index contributed by atoms with van der Waals surface area (Å²) in [5.41, 5.74) is 0. The Bertz CT molecular complexity index is 412. The number of carbonyl (C=O) groups is 1. The van der Waals surface area contributed by atoms with Crippen LogP contribution in [0.3, 0.4) is 0 Å². The van der Waals surface area contributed by atoms with Gasteiger partial charge in [0.2, 0.25) is 5.91 Å². The highest BCUT2D eigenvalue weighted by Crippen LogP contribution is 2.10. The van der Waals surface area contributed by atoms with E-state index in [1.807, 2.05) is 0 Å². The molecule has 0 saturated carbocycles. The van der Waals surface area contributed by atoms with Crippen LogP contribution in [0.1, 0.15) is 0 Å². The van der Waals surface area contributed by atoms with E-state index in [9.17, 15) is 9.00 Å². The molecule has 0 fully saturated rings. The molecular formula is C9H12N2O2S. The van der Waals surface area contributed by atoms with Gasteiger partial charge >= 0.3 is 0 Å². The van der Waals surface area contributed by atoms with Crippen LogP contribution in [0.2, 0.25) is 0 Å². The minimum Gasteiger partial charge on any atom is -0.358 e. The van der Waals surface area contributed by atoms with Gasteiger partial charge in [-0.15, -0.1) is 0 Å². The maximum atomic E-state index is 11.8. The summed E-state index contributed by atoms with van der Waals surface area (Å²) in [5.74, 6) is -0.665. The molecule has 0 heterocycles. The summed E-state index contributed by atoms with van der Waals surface area (Å²) in [7, 11) is -1.52. The van der Waals surface area contributed by atoms with Gasteiger partial charge in [0.1, 0.15) is 5.75 Å². The zero-order valence-corrected chi connectivity index (χ0v) is 8.64. The number of hydrogen-bond donors (Lipinski definition) is 2. The number of amides is 1. The summed E-state index contributed by atoms with van der Waals surface area (Å²) in [5, 5.41) is 2.35. The Morgan fingerprint density at radius 3 is 2.50 bits per heavy atom. The van der Waals surface area contributed by atoms with Crippen molar-refractivity contribution < 1.29 is 9.00 Å². The third kappa shape index (κ3) is 2.56. The molecule has 14 heavy (non-hydrogen) atoms. The number of nitrogens with one attached hydrogen (secondary N) is 2. The van der Waals surface area contributed by atoms with E-state index in [1.165, 1.54) is 7.05 Å². The van der Waals surface area contributed by atoms with Gasteiger partial charge in [-0.25, -0.2) is 8.99 Å². The summed E-state index contributed by atoms with van der Waals surface area (Å²) >= 11 is 0. The van der Waals surface area contributed by atoms with Gasteiger partial charge in [-0.05, 0) is 12.1 Å². The van der Waals surface area contributed by atoms with Crippen molar-refractivity contribution in [2.75, 3.05) is 12.8 Å². The van der Waals surface area contributed by atoms with Crippen LogP contribution < -0.4 is 5.32 Å². The molecule has 5 heteroatoms. The fourth-order valence-electron chi connectivity index (χ4n) is 0.980. The lowest BCUT2D eigenvalue weighted by atomic mass is 10.4. The van der Waals surface area contributed by atoms with E-state index in [-0.39, 0.29) is 11.7 Å². The lowest BCUT2D eigenvalue weighted by Crippen LogP contribution is -2.26. The molecule has 1 amide bonds. The first kappa shape index (κ1) is 10.7. The molecule has 1 atom stereocenters. The smallest absolute Gasteiger partial charge is 0.233 e. The Balaban J connectivity index is 2.93. The molecule has 0 aliphatic rings. The molecule has 0 aromatic heterocycles. The SMILES string of the molecule is CNC(=O)CS(=N)(=O)c1ccccc1. The highest BCUT2D eigenvalue weighted by molar-refractivity contribution is 7.93. The Hall–Kier alpha value is -1.36. The molecule has 0 bridgehead atoms. The average Bonchev–Trinajstić information content (AvgIpc) is 2.18. The molecule has 1 rings (SSSR count). The number of rotatable bonds is 3. The topological polar surface area (TPSA) is 70.0 Å². The van der Waals surface area contributed by atoms with E-state index in [2.05, 4.69) is 5.32 Å². The summed E-state index contributed by atoms with van der Waals surface area (Å²) in [6, 6.07) is 8.37. The van der Waals surface area contributed by atoms with Crippen molar-refractivity contribution in [2.24, 2.45) is 0 Å². The molecule has 1 aromatic carbocycles. The summed E-state index contributed by atoms with van der Waals surface area (Å²) in [4.78, 5) is 11.4. The Labute approximate surface area is 83.3 Å². The lowest BCUT2D eigenvalue weighted by molar-refractivity contribution is -0.118. The maximum Gasteiger partial charge on any atom is 0.233 e. The fraction of sp³-hybridized carbons (Fsp3) is 0.222. The zero-order valence-electron chi connectivity index (χ0n) is 7.82. The first-order chi connectivity index (χ1) is 6.56. The van der Waals surface area contributed by atoms with Gasteiger partial charge in [0.05, 0.1) is 9.73 Å². The van der Waals surface area contributed by atoms with Crippen molar-refractivity contribution in [3.05, 3.63) is 30.3 Å². The number of carbonyl (C=O) groups excluding carboxylic acids is 1. The van der Waals surface area contributed by atoms with E-state index in [1.54, 1.807) is 30.3 Å². The molecule has 76 valence electrons. The predicted octanol–water partition coefficient (Wildman–Crippen LogP) is 0.838. The van der Waals surface area contributed by atoms with Crippen molar-refractivity contribution in [3.8, 4) is 0 Å². The van der Waals surface area contributed by atoms with Crippen LogP contribution in [-0.2, 0) is 14.5 Å². The number of benzene rings is 1. The molecule has 0 aliphatic carbocycles. The zero-order chi connectivity index (χ0) is 10.6. The van der Waals surface area contributed by atoms with Crippen LogP contribution in [0.25, 0.3) is 0 Å². The summed E-state index contributed by atoms with van der Waals surface area (Å²) in [6.07, 6.45) is 0. The minimum absolute atomic E-state index is 0.284. The summed E-state index contributed by atoms with van der Waals surface area (Å²) in [6.45, 7) is 0. The van der Waals surface area contributed by atoms with Crippen molar-refractivity contribution >= 4 is 15.6 Å². The Kier molecular flexibility index (Phi) is 3.24. The minimum atomic E-state index is -2.98. The second-order valence-electron chi connectivity index (χ2n) is 2.81. The molecule has 0 saturated heterocycles. The van der Waals surface area contributed by atoms with Gasteiger partial charge in [-0.2, -0.15) is 0 Å². The Morgan fingerprint density at radius 1 is 1.43 bits per heavy atom. The molecule has 0 spiro atoms. The van der Waals surface area contributed by atoms with E-state index in [0.717, 1.165) is 0 Å². The van der Waals surface area contributed by atoms with E-state index in [4.69, 9.17) is 4.78 Å². The average molecular weight is 212 g/mol. The monoisotopic (exact) mass is 212 g/mol. The Morgan fingerprint density at radius 2 is 2.00 bits per heavy atom. The van der Waals surface area contributed by atoms with Gasteiger partial charge in [0.15, 0.2) is 0 Å². The second-order valence-corrected chi connectivity index (χ2v) is 4.92. The molecular weight excluding hydrogens is 200 g/mol. The molecule has 1 aromatic rings. The standard InChI is InChI=1S/C9H12N2O2S/c1-11-9(12)7-14(10,13)8-5-3-2-4-6-8/h2-6,10H,7H2,1H3,(H,11,12). The molecule has 0 aliphatic heterocycles. The maximum absolute atomic E-state index is 11.8. The van der Waals surface area contributed by atoms with Crippen LogP contribution >= 0.6 is 0 Å². The van der Waals surface area contributed by atoms with Gasteiger partial charge in [0, 0.05) is 11.9 Å². The van der Waals surface area contributed by atoms with Crippen LogP contribution in [0.15, 0.2) is 35.2 Å². The van der Waals surface area contributed by atoms with Crippen LogP contribution in [0, 0.1) is 4.78 Å². The van der Waals surface area contributed by atoms with E-state index >= 15 is 0 Å². The summed E-state index contributed by atoms with van der Waals surface area (Å²) < 4.78 is 19.3. The second kappa shape index (κ2) is 4.23. The van der Waals surface area contributed by atoms with Crippen molar-refractivity contribution in [1.29, 1.82) is 4.78 Å². The van der Waals surface area contributed by atoms with Gasteiger partial charge in [0.25, 0.3) is 0 Å². The largest absolute Gasteiger partial charge is 0.358 e. The third-order valence-electron chi connectivity index (χ3n) is 1.74. The first-order valence-corrected chi connectivity index (χ1v) is 5.81. The van der Waals surface area contributed by atoms with Crippen molar-refractivity contribution in [2.45, 2.75) is 4.90 Å². The predicted molar refractivity (Wildman–Crippen MR) is 54.5 cm³/mol. The van der Waals surface area contributed by atoms with E-state index < -0.39 is 9.73 Å². The number of hydrogen-bond acceptors (Lipinski definition) is 3. The van der Waals surface area contributed by atoms with Gasteiger partial charge in [-0.1, -0.05) is 18.2 Å². The van der Waals surface area contributed by atoms with Crippen LogP contribution in [0.4, 0.5) is 0 Å². The molecule has 4 nitrogen and oxygen atoms in total. The molecule has 2 N–H and O–H groups in total. The quantitative estimate of drug-likeness (QED) is 0.779. The van der Waals surface area contributed by atoms with Crippen LogP contribution in [-0.4, -0.2) is 22.9 Å². The molecule has 0 radical (unpaired) electrons. The van der Waals surface area contributed by atoms with Crippen molar-refractivity contribution in [3.63, 3.8) is 0 Å². The lowest BCUT2D eigenvalue weighted by Gasteiger charge is -2.05. The highest BCUT2D eigenvalue weighted by atomic mass is 32.2. The van der Waals surface area contributed by atoms with Crippen molar-refractivity contribution in [1.82, 2.24) is 5.32 Å². The molecule has 1 unspecified atom stereocenters. The van der Waals surface area contributed by atoms with Gasteiger partial charge in [-0.3, -0.25) is 4.79 Å². The van der Waals surface area contributed by atoms with Gasteiger partial charge < -0.3 is 5.32 Å². The fourth-order valence-corrected chi connectivity index (χ4v) is 2.26. The normalized spacial score (nSPS) is 14.4. The van der Waals surface area contributed by atoms with E-state index in [0.29, 0.717) is 4.90 Å². The highest BCUT2D eigenvalue weighted by Gasteiger charge is 2.13. The van der Waals surface area contributed by atoms with Crippen LogP contribution in [0.5, 0.6) is 0 Å². The third-order valence-corrected chi connectivity index (χ3v) is 3.44.